The average Bonchev–Trinajstić information content (AvgIpc) is 2.84. The Morgan fingerprint density at radius 1 is 1.33 bits per heavy atom. The minimum atomic E-state index is 0.341. The molecule has 2 aliphatic rings. The average molecular weight is 206 g/mol. The van der Waals surface area contributed by atoms with Crippen molar-refractivity contribution in [3.63, 3.8) is 0 Å². The highest BCUT2D eigenvalue weighted by Crippen LogP contribution is 2.33. The quantitative estimate of drug-likeness (QED) is 0.734. The normalized spacial score (nSPS) is 26.7. The number of hydrogen-bond acceptors (Lipinski definition) is 4. The first-order valence-corrected chi connectivity index (χ1v) is 5.19. The van der Waals surface area contributed by atoms with Crippen LogP contribution < -0.4 is 15.2 Å². The van der Waals surface area contributed by atoms with Crippen LogP contribution in [-0.2, 0) is 6.54 Å². The third kappa shape index (κ3) is 1.66. The summed E-state index contributed by atoms with van der Waals surface area (Å²) in [5.41, 5.74) is 6.84. The Kier molecular flexibility index (Phi) is 2.04. The summed E-state index contributed by atoms with van der Waals surface area (Å²) in [5.74, 6) is 1.71. The molecule has 0 aromatic heterocycles. The molecule has 0 saturated carbocycles. The predicted octanol–water partition coefficient (Wildman–Crippen LogP) is 0.558. The van der Waals surface area contributed by atoms with Gasteiger partial charge in [0.05, 0.1) is 0 Å². The fourth-order valence-corrected chi connectivity index (χ4v) is 1.91. The van der Waals surface area contributed by atoms with Gasteiger partial charge in [-0.1, -0.05) is 6.07 Å². The summed E-state index contributed by atoms with van der Waals surface area (Å²) in [6, 6.07) is 6.68. The van der Waals surface area contributed by atoms with E-state index in [0.717, 1.165) is 31.1 Å². The lowest BCUT2D eigenvalue weighted by atomic mass is 10.2. The first-order valence-electron chi connectivity index (χ1n) is 5.19. The van der Waals surface area contributed by atoms with Crippen LogP contribution in [0.1, 0.15) is 5.56 Å². The molecule has 80 valence electrons. The molecule has 2 atom stereocenters. The van der Waals surface area contributed by atoms with Crippen molar-refractivity contribution in [2.45, 2.75) is 12.6 Å². The first-order chi connectivity index (χ1) is 7.36. The van der Waals surface area contributed by atoms with E-state index in [4.69, 9.17) is 15.2 Å². The fourth-order valence-electron chi connectivity index (χ4n) is 1.91. The zero-order valence-electron chi connectivity index (χ0n) is 8.48. The molecular formula is C11H14N2O2. The van der Waals surface area contributed by atoms with Gasteiger partial charge in [0.25, 0.3) is 0 Å². The van der Waals surface area contributed by atoms with E-state index >= 15 is 0 Å². The van der Waals surface area contributed by atoms with Gasteiger partial charge >= 0.3 is 0 Å². The molecule has 1 saturated heterocycles. The molecule has 2 unspecified atom stereocenters. The van der Waals surface area contributed by atoms with Crippen LogP contribution in [0.5, 0.6) is 11.5 Å². The summed E-state index contributed by atoms with van der Waals surface area (Å²) in [5, 5.41) is 0. The third-order valence-electron chi connectivity index (χ3n) is 2.92. The van der Waals surface area contributed by atoms with Crippen LogP contribution >= 0.6 is 0 Å². The van der Waals surface area contributed by atoms with E-state index in [1.165, 1.54) is 5.56 Å². The summed E-state index contributed by atoms with van der Waals surface area (Å²) >= 11 is 0. The zero-order chi connectivity index (χ0) is 10.3. The third-order valence-corrected chi connectivity index (χ3v) is 2.92. The second-order valence-corrected chi connectivity index (χ2v) is 4.01. The van der Waals surface area contributed by atoms with Crippen molar-refractivity contribution in [2.24, 2.45) is 5.73 Å². The molecule has 2 aliphatic heterocycles. The van der Waals surface area contributed by atoms with Gasteiger partial charge in [0, 0.05) is 25.7 Å². The Bertz CT molecular complexity index is 381. The largest absolute Gasteiger partial charge is 0.454 e. The van der Waals surface area contributed by atoms with E-state index < -0.39 is 0 Å². The van der Waals surface area contributed by atoms with Gasteiger partial charge in [0.2, 0.25) is 6.79 Å². The number of nitrogens with two attached hydrogens (primary N) is 1. The molecular weight excluding hydrogens is 192 g/mol. The van der Waals surface area contributed by atoms with Crippen LogP contribution in [0.15, 0.2) is 18.2 Å². The summed E-state index contributed by atoms with van der Waals surface area (Å²) < 4.78 is 10.6. The van der Waals surface area contributed by atoms with E-state index in [1.54, 1.807) is 0 Å². The van der Waals surface area contributed by atoms with Crippen LogP contribution in [0.3, 0.4) is 0 Å². The second-order valence-electron chi connectivity index (χ2n) is 4.01. The van der Waals surface area contributed by atoms with Crippen molar-refractivity contribution in [3.8, 4) is 11.5 Å². The number of fused-ring (bicyclic) bond motifs is 1. The second kappa shape index (κ2) is 3.40. The van der Waals surface area contributed by atoms with Gasteiger partial charge in [0.15, 0.2) is 11.5 Å². The molecule has 0 bridgehead atoms. The van der Waals surface area contributed by atoms with Gasteiger partial charge in [-0.15, -0.1) is 0 Å². The standard InChI is InChI=1S/C11H14N2O2/c12-4-9-6-13(9)5-8-1-2-10-11(3-8)15-7-14-10/h1-3,9H,4-7,12H2. The van der Waals surface area contributed by atoms with E-state index in [0.29, 0.717) is 12.8 Å². The summed E-state index contributed by atoms with van der Waals surface area (Å²) in [7, 11) is 0. The minimum absolute atomic E-state index is 0.341. The van der Waals surface area contributed by atoms with E-state index in [-0.39, 0.29) is 0 Å². The highest BCUT2D eigenvalue weighted by Gasteiger charge is 2.32. The molecule has 1 aromatic carbocycles. The maximum atomic E-state index is 5.58. The molecule has 0 amide bonds. The number of ether oxygens (including phenoxy) is 2. The van der Waals surface area contributed by atoms with Gasteiger partial charge in [-0.25, -0.2) is 0 Å². The maximum Gasteiger partial charge on any atom is 0.231 e. The van der Waals surface area contributed by atoms with Gasteiger partial charge in [-0.05, 0) is 17.7 Å². The van der Waals surface area contributed by atoms with Crippen LogP contribution in [0.2, 0.25) is 0 Å². The Balaban J connectivity index is 1.71. The van der Waals surface area contributed by atoms with Gasteiger partial charge in [-0.3, -0.25) is 4.90 Å². The van der Waals surface area contributed by atoms with Gasteiger partial charge in [0.1, 0.15) is 0 Å². The van der Waals surface area contributed by atoms with Crippen LogP contribution in [0, 0.1) is 0 Å². The van der Waals surface area contributed by atoms with Crippen LogP contribution in [0.25, 0.3) is 0 Å². The molecule has 15 heavy (non-hydrogen) atoms. The molecule has 0 spiro atoms. The molecule has 2 heterocycles. The van der Waals surface area contributed by atoms with Crippen molar-refractivity contribution in [1.29, 1.82) is 0 Å². The lowest BCUT2D eigenvalue weighted by molar-refractivity contribution is 0.174. The molecule has 1 aromatic rings. The van der Waals surface area contributed by atoms with Crippen molar-refractivity contribution >= 4 is 0 Å². The van der Waals surface area contributed by atoms with E-state index in [2.05, 4.69) is 11.0 Å². The molecule has 4 nitrogen and oxygen atoms in total. The Morgan fingerprint density at radius 2 is 2.20 bits per heavy atom. The van der Waals surface area contributed by atoms with Crippen LogP contribution in [-0.4, -0.2) is 30.8 Å². The minimum Gasteiger partial charge on any atom is -0.454 e. The molecule has 1 fully saturated rings. The van der Waals surface area contributed by atoms with Gasteiger partial charge in [-0.2, -0.15) is 0 Å². The maximum absolute atomic E-state index is 5.58. The number of hydrogen-bond donors (Lipinski definition) is 1. The summed E-state index contributed by atoms with van der Waals surface area (Å²) in [6.45, 7) is 3.17. The number of benzene rings is 1. The highest BCUT2D eigenvalue weighted by molar-refractivity contribution is 5.44. The SMILES string of the molecule is NCC1CN1Cc1ccc2c(c1)OCO2. The highest BCUT2D eigenvalue weighted by atomic mass is 16.7. The van der Waals surface area contributed by atoms with Crippen molar-refractivity contribution in [3.05, 3.63) is 23.8 Å². The first kappa shape index (κ1) is 9.00. The van der Waals surface area contributed by atoms with Crippen molar-refractivity contribution in [2.75, 3.05) is 19.9 Å². The Labute approximate surface area is 88.6 Å². The monoisotopic (exact) mass is 206 g/mol. The Hall–Kier alpha value is -1.26. The lowest BCUT2D eigenvalue weighted by Gasteiger charge is -2.04. The lowest BCUT2D eigenvalue weighted by Crippen LogP contribution is -2.12. The molecule has 0 aliphatic carbocycles. The van der Waals surface area contributed by atoms with Crippen molar-refractivity contribution < 1.29 is 9.47 Å². The van der Waals surface area contributed by atoms with E-state index in [9.17, 15) is 0 Å². The fraction of sp³-hybridized carbons (Fsp3) is 0.455. The zero-order valence-corrected chi connectivity index (χ0v) is 8.48. The molecule has 3 rings (SSSR count). The van der Waals surface area contributed by atoms with Crippen molar-refractivity contribution in [1.82, 2.24) is 4.90 Å². The number of nitrogens with zero attached hydrogens (tertiary/aromatic N) is 1. The molecule has 4 heteroatoms. The summed E-state index contributed by atoms with van der Waals surface area (Å²) in [6.07, 6.45) is 0. The molecule has 2 N–H and O–H groups in total. The van der Waals surface area contributed by atoms with E-state index in [1.807, 2.05) is 12.1 Å². The molecule has 0 radical (unpaired) electrons. The Morgan fingerprint density at radius 3 is 3.00 bits per heavy atom. The summed E-state index contributed by atoms with van der Waals surface area (Å²) in [4.78, 5) is 2.34. The van der Waals surface area contributed by atoms with Crippen LogP contribution in [0.4, 0.5) is 0 Å². The smallest absolute Gasteiger partial charge is 0.231 e. The number of rotatable bonds is 3. The van der Waals surface area contributed by atoms with Gasteiger partial charge < -0.3 is 15.2 Å². The predicted molar refractivity (Wildman–Crippen MR) is 55.8 cm³/mol. The topological polar surface area (TPSA) is 47.5 Å².